The molecule has 0 unspecified atom stereocenters. The van der Waals surface area contributed by atoms with Crippen LogP contribution in [0, 0.1) is 6.92 Å². The highest BCUT2D eigenvalue weighted by atomic mass is 17.2. The lowest BCUT2D eigenvalue weighted by atomic mass is 10.0. The molecular formula is C19H24O3. The number of phenolic OH excluding ortho intramolecular Hbond substituents is 1. The number of aromatic hydroxyl groups is 1. The van der Waals surface area contributed by atoms with E-state index in [-0.39, 0.29) is 0 Å². The first-order valence-electron chi connectivity index (χ1n) is 7.77. The van der Waals surface area contributed by atoms with Crippen molar-refractivity contribution >= 4 is 0 Å². The molecule has 0 bridgehead atoms. The maximum Gasteiger partial charge on any atom is 0.121 e. The monoisotopic (exact) mass is 300 g/mol. The molecule has 3 heteroatoms. The maximum atomic E-state index is 10.1. The summed E-state index contributed by atoms with van der Waals surface area (Å²) in [5.41, 5.74) is 5.25. The largest absolute Gasteiger partial charge is 0.507 e. The van der Waals surface area contributed by atoms with E-state index in [2.05, 4.69) is 19.1 Å². The highest BCUT2D eigenvalue weighted by molar-refractivity contribution is 5.43. The molecule has 0 spiro atoms. The van der Waals surface area contributed by atoms with E-state index in [1.807, 2.05) is 38.1 Å². The molecule has 2 aromatic rings. The van der Waals surface area contributed by atoms with E-state index in [9.17, 15) is 5.11 Å². The van der Waals surface area contributed by atoms with Gasteiger partial charge in [-0.2, -0.15) is 0 Å². The molecule has 0 radical (unpaired) electrons. The summed E-state index contributed by atoms with van der Waals surface area (Å²) in [5, 5.41) is 10.1. The van der Waals surface area contributed by atoms with Crippen LogP contribution in [0.2, 0.25) is 0 Å². The second kappa shape index (κ2) is 7.97. The molecule has 0 fully saturated rings. The first-order valence-corrected chi connectivity index (χ1v) is 7.77. The van der Waals surface area contributed by atoms with Crippen LogP contribution >= 0.6 is 0 Å². The van der Waals surface area contributed by atoms with Crippen molar-refractivity contribution in [1.29, 1.82) is 0 Å². The summed E-state index contributed by atoms with van der Waals surface area (Å²) < 4.78 is 0. The smallest absolute Gasteiger partial charge is 0.121 e. The van der Waals surface area contributed by atoms with Crippen molar-refractivity contribution in [3.63, 3.8) is 0 Å². The zero-order chi connectivity index (χ0) is 15.9. The lowest BCUT2D eigenvalue weighted by Crippen LogP contribution is -1.99. The van der Waals surface area contributed by atoms with Gasteiger partial charge in [0.2, 0.25) is 0 Å². The molecule has 0 amide bonds. The summed E-state index contributed by atoms with van der Waals surface area (Å²) in [6, 6.07) is 12.1. The number of benzene rings is 2. The van der Waals surface area contributed by atoms with Crippen LogP contribution in [0.15, 0.2) is 36.4 Å². The third-order valence-corrected chi connectivity index (χ3v) is 3.74. The van der Waals surface area contributed by atoms with E-state index in [4.69, 9.17) is 9.78 Å². The molecule has 0 saturated heterocycles. The number of hydrogen-bond acceptors (Lipinski definition) is 3. The van der Waals surface area contributed by atoms with Crippen molar-refractivity contribution in [3.05, 3.63) is 64.2 Å². The maximum absolute atomic E-state index is 10.1. The third kappa shape index (κ3) is 4.33. The molecule has 0 aliphatic rings. The van der Waals surface area contributed by atoms with Crippen LogP contribution in [0.3, 0.4) is 0 Å². The Hall–Kier alpha value is -1.84. The van der Waals surface area contributed by atoms with Crippen LogP contribution in [0.25, 0.3) is 0 Å². The predicted molar refractivity (Wildman–Crippen MR) is 87.6 cm³/mol. The summed E-state index contributed by atoms with van der Waals surface area (Å²) in [4.78, 5) is 10.6. The molecule has 22 heavy (non-hydrogen) atoms. The van der Waals surface area contributed by atoms with Crippen molar-refractivity contribution in [2.24, 2.45) is 0 Å². The van der Waals surface area contributed by atoms with Gasteiger partial charge in [0.15, 0.2) is 0 Å². The first-order chi connectivity index (χ1) is 10.6. The summed E-state index contributed by atoms with van der Waals surface area (Å²) in [6.07, 6.45) is 1.60. The number of hydrogen-bond donors (Lipinski definition) is 1. The van der Waals surface area contributed by atoms with E-state index < -0.39 is 0 Å². The normalized spacial score (nSPS) is 10.9. The molecule has 0 heterocycles. The van der Waals surface area contributed by atoms with Gasteiger partial charge in [-0.3, -0.25) is 0 Å². The zero-order valence-electron chi connectivity index (χ0n) is 13.6. The Morgan fingerprint density at radius 1 is 0.818 bits per heavy atom. The Bertz CT molecular complexity index is 578. The van der Waals surface area contributed by atoms with Crippen molar-refractivity contribution in [3.8, 4) is 5.75 Å². The topological polar surface area (TPSA) is 38.7 Å². The minimum absolute atomic E-state index is 0.381. The van der Waals surface area contributed by atoms with E-state index in [0.29, 0.717) is 19.0 Å². The Labute approximate surface area is 132 Å². The van der Waals surface area contributed by atoms with Crippen LogP contribution in [-0.4, -0.2) is 5.11 Å². The number of rotatable bonds is 7. The lowest BCUT2D eigenvalue weighted by Gasteiger charge is -2.11. The molecule has 2 rings (SSSR count). The van der Waals surface area contributed by atoms with Crippen LogP contribution in [0.4, 0.5) is 0 Å². The number of aryl methyl sites for hydroxylation is 3. The Kier molecular flexibility index (Phi) is 5.99. The highest BCUT2D eigenvalue weighted by Gasteiger charge is 2.08. The van der Waals surface area contributed by atoms with Crippen molar-refractivity contribution in [2.45, 2.75) is 46.8 Å². The fourth-order valence-electron chi connectivity index (χ4n) is 2.36. The number of phenols is 1. The van der Waals surface area contributed by atoms with Crippen LogP contribution in [0.1, 0.15) is 41.7 Å². The van der Waals surface area contributed by atoms with Gasteiger partial charge >= 0.3 is 0 Å². The fraction of sp³-hybridized carbons (Fsp3) is 0.368. The second-order valence-corrected chi connectivity index (χ2v) is 5.48. The van der Waals surface area contributed by atoms with Gasteiger partial charge < -0.3 is 5.11 Å². The van der Waals surface area contributed by atoms with Gasteiger partial charge in [-0.15, -0.1) is 0 Å². The van der Waals surface area contributed by atoms with Crippen molar-refractivity contribution < 1.29 is 14.9 Å². The van der Waals surface area contributed by atoms with Crippen LogP contribution < -0.4 is 0 Å². The molecule has 0 atom stereocenters. The predicted octanol–water partition coefficient (Wildman–Crippen LogP) is 4.47. The Morgan fingerprint density at radius 2 is 1.32 bits per heavy atom. The highest BCUT2D eigenvalue weighted by Crippen LogP contribution is 2.26. The molecule has 0 aromatic heterocycles. The first kappa shape index (κ1) is 16.5. The Balaban J connectivity index is 1.90. The summed E-state index contributed by atoms with van der Waals surface area (Å²) in [7, 11) is 0. The standard InChI is InChI=1S/C19H24O3/c1-4-17-10-16(11-18(5-2)19(17)20)13-22-21-12-15-8-6-14(3)7-9-15/h6-11,20H,4-5,12-13H2,1-3H3. The van der Waals surface area contributed by atoms with Crippen molar-refractivity contribution in [2.75, 3.05) is 0 Å². The summed E-state index contributed by atoms with van der Waals surface area (Å²) in [6.45, 7) is 6.94. The molecule has 3 nitrogen and oxygen atoms in total. The van der Waals surface area contributed by atoms with E-state index in [1.165, 1.54) is 5.56 Å². The molecule has 0 aliphatic carbocycles. The van der Waals surface area contributed by atoms with Gasteiger partial charge in [0.25, 0.3) is 0 Å². The third-order valence-electron chi connectivity index (χ3n) is 3.74. The second-order valence-electron chi connectivity index (χ2n) is 5.48. The van der Waals surface area contributed by atoms with Gasteiger partial charge in [-0.1, -0.05) is 43.7 Å². The molecule has 118 valence electrons. The molecular weight excluding hydrogens is 276 g/mol. The SMILES string of the molecule is CCc1cc(COOCc2ccc(C)cc2)cc(CC)c1O. The fourth-order valence-corrected chi connectivity index (χ4v) is 2.36. The van der Waals surface area contributed by atoms with Crippen LogP contribution in [-0.2, 0) is 35.8 Å². The average molecular weight is 300 g/mol. The van der Waals surface area contributed by atoms with Gasteiger partial charge in [-0.25, -0.2) is 9.78 Å². The minimum Gasteiger partial charge on any atom is -0.507 e. The molecule has 1 N–H and O–H groups in total. The van der Waals surface area contributed by atoms with Gasteiger partial charge in [0.1, 0.15) is 19.0 Å². The van der Waals surface area contributed by atoms with Gasteiger partial charge in [0, 0.05) is 0 Å². The van der Waals surface area contributed by atoms with Crippen LogP contribution in [0.5, 0.6) is 5.75 Å². The molecule has 0 aliphatic heterocycles. The average Bonchev–Trinajstić information content (AvgIpc) is 2.54. The zero-order valence-corrected chi connectivity index (χ0v) is 13.6. The van der Waals surface area contributed by atoms with Gasteiger partial charge in [0.05, 0.1) is 0 Å². The van der Waals surface area contributed by atoms with Crippen molar-refractivity contribution in [1.82, 2.24) is 0 Å². The lowest BCUT2D eigenvalue weighted by molar-refractivity contribution is -0.313. The Morgan fingerprint density at radius 3 is 1.82 bits per heavy atom. The molecule has 2 aromatic carbocycles. The van der Waals surface area contributed by atoms with E-state index >= 15 is 0 Å². The van der Waals surface area contributed by atoms with Gasteiger partial charge in [-0.05, 0) is 54.2 Å². The van der Waals surface area contributed by atoms with E-state index in [0.717, 1.165) is 35.1 Å². The quantitative estimate of drug-likeness (QED) is 0.465. The van der Waals surface area contributed by atoms with E-state index in [1.54, 1.807) is 0 Å². The summed E-state index contributed by atoms with van der Waals surface area (Å²) >= 11 is 0. The summed E-state index contributed by atoms with van der Waals surface area (Å²) in [5.74, 6) is 0.411. The minimum atomic E-state index is 0.381. The molecule has 0 saturated carbocycles.